The summed E-state index contributed by atoms with van der Waals surface area (Å²) < 4.78 is 11.4. The van der Waals surface area contributed by atoms with Crippen molar-refractivity contribution in [3.63, 3.8) is 0 Å². The number of aliphatic carboxylic acids is 1. The minimum atomic E-state index is -2.39. The first-order valence-electron chi connectivity index (χ1n) is 9.36. The Morgan fingerprint density at radius 2 is 1.87 bits per heavy atom. The quantitative estimate of drug-likeness (QED) is 0.421. The highest BCUT2D eigenvalue weighted by Crippen LogP contribution is 2.48. The van der Waals surface area contributed by atoms with Crippen LogP contribution in [0.25, 0.3) is 0 Å². The predicted molar refractivity (Wildman–Crippen MR) is 96.8 cm³/mol. The van der Waals surface area contributed by atoms with E-state index in [2.05, 4.69) is 0 Å². The van der Waals surface area contributed by atoms with Gasteiger partial charge in [-0.25, -0.2) is 0 Å². The summed E-state index contributed by atoms with van der Waals surface area (Å²) in [6, 6.07) is 3.83. The van der Waals surface area contributed by atoms with Crippen LogP contribution in [0.5, 0.6) is 5.75 Å². The number of benzene rings is 1. The van der Waals surface area contributed by atoms with Crippen molar-refractivity contribution in [3.8, 4) is 5.75 Å². The second-order valence-electron chi connectivity index (χ2n) is 7.69. The Morgan fingerprint density at radius 1 is 1.17 bits per heavy atom. The van der Waals surface area contributed by atoms with Gasteiger partial charge in [-0.05, 0) is 13.0 Å². The molecule has 1 aromatic carbocycles. The number of ketones is 2. The first-order chi connectivity index (χ1) is 14.1. The predicted octanol–water partition coefficient (Wildman–Crippen LogP) is -0.471. The molecule has 1 fully saturated rings. The van der Waals surface area contributed by atoms with Gasteiger partial charge in [0.25, 0.3) is 0 Å². The van der Waals surface area contributed by atoms with Gasteiger partial charge in [-0.15, -0.1) is 0 Å². The van der Waals surface area contributed by atoms with Crippen LogP contribution >= 0.6 is 0 Å². The minimum absolute atomic E-state index is 0.00891. The third-order valence-electron chi connectivity index (χ3n) is 5.66. The van der Waals surface area contributed by atoms with Crippen molar-refractivity contribution in [1.82, 2.24) is 0 Å². The Hall–Kier alpha value is -2.63. The van der Waals surface area contributed by atoms with Crippen molar-refractivity contribution >= 4 is 17.5 Å². The number of phenolic OH excluding ortho intramolecular Hbond substituents is 1. The number of hydrogen-bond donors (Lipinski definition) is 5. The summed E-state index contributed by atoms with van der Waals surface area (Å²) in [6.07, 6.45) is -8.13. The number of aliphatic hydroxyl groups excluding tert-OH is 3. The number of carbonyl (C=O) groups is 3. The number of phenols is 1. The molecule has 4 rings (SSSR count). The van der Waals surface area contributed by atoms with Gasteiger partial charge in [-0.1, -0.05) is 12.1 Å². The van der Waals surface area contributed by atoms with Gasteiger partial charge in [0.05, 0.1) is 29.8 Å². The van der Waals surface area contributed by atoms with E-state index in [0.717, 1.165) is 0 Å². The van der Waals surface area contributed by atoms with Crippen LogP contribution in [0.15, 0.2) is 29.3 Å². The third kappa shape index (κ3) is 2.80. The van der Waals surface area contributed by atoms with Crippen molar-refractivity contribution in [2.45, 2.75) is 56.1 Å². The van der Waals surface area contributed by atoms with Crippen LogP contribution in [0.1, 0.15) is 40.5 Å². The van der Waals surface area contributed by atoms with Gasteiger partial charge in [0, 0.05) is 17.6 Å². The summed E-state index contributed by atoms with van der Waals surface area (Å²) in [7, 11) is 0. The first kappa shape index (κ1) is 20.6. The molecule has 3 aliphatic rings. The molecule has 0 saturated carbocycles. The van der Waals surface area contributed by atoms with Crippen molar-refractivity contribution < 1.29 is 49.4 Å². The molecular formula is C20H20O10. The summed E-state index contributed by atoms with van der Waals surface area (Å²) >= 11 is 0. The molecule has 1 aromatic rings. The lowest BCUT2D eigenvalue weighted by Crippen LogP contribution is -2.66. The van der Waals surface area contributed by atoms with E-state index < -0.39 is 77.2 Å². The molecule has 0 bridgehead atoms. The molecule has 6 atom stereocenters. The second-order valence-corrected chi connectivity index (χ2v) is 7.69. The fraction of sp³-hybridized carbons (Fsp3) is 0.450. The number of rotatable bonds is 2. The van der Waals surface area contributed by atoms with Crippen LogP contribution in [0.3, 0.4) is 0 Å². The van der Waals surface area contributed by atoms with Crippen LogP contribution in [0, 0.1) is 0 Å². The van der Waals surface area contributed by atoms with Crippen molar-refractivity contribution in [2.24, 2.45) is 0 Å². The molecule has 10 heteroatoms. The SMILES string of the molecule is C[C@H]1C[C@H](O)[C@H](O)[C@]2(O[C@@H](CC(=O)O)[C@@H](O)C3=C2C(=O)c2c(O)cccc2C3=O)O1. The molecule has 2 aliphatic heterocycles. The molecule has 30 heavy (non-hydrogen) atoms. The highest BCUT2D eigenvalue weighted by Gasteiger charge is 2.62. The zero-order valence-corrected chi connectivity index (χ0v) is 15.8. The van der Waals surface area contributed by atoms with Crippen molar-refractivity contribution in [3.05, 3.63) is 40.5 Å². The fourth-order valence-electron chi connectivity index (χ4n) is 4.40. The van der Waals surface area contributed by atoms with E-state index in [0.29, 0.717) is 0 Å². The van der Waals surface area contributed by atoms with E-state index in [1.165, 1.54) is 25.1 Å². The number of aromatic hydroxyl groups is 1. The van der Waals surface area contributed by atoms with Gasteiger partial charge in [0.15, 0.2) is 11.6 Å². The molecule has 5 N–H and O–H groups in total. The maximum absolute atomic E-state index is 13.4. The molecule has 1 saturated heterocycles. The van der Waals surface area contributed by atoms with Crippen LogP contribution in [-0.2, 0) is 14.3 Å². The molecule has 1 spiro atoms. The summed E-state index contributed by atoms with van der Waals surface area (Å²) in [5, 5.41) is 51.3. The lowest BCUT2D eigenvalue weighted by molar-refractivity contribution is -0.340. The molecular weight excluding hydrogens is 400 g/mol. The van der Waals surface area contributed by atoms with Gasteiger partial charge < -0.3 is 35.0 Å². The smallest absolute Gasteiger partial charge is 0.306 e. The van der Waals surface area contributed by atoms with Crippen LogP contribution in [-0.4, -0.2) is 79.4 Å². The van der Waals surface area contributed by atoms with Gasteiger partial charge in [-0.2, -0.15) is 0 Å². The molecule has 1 aliphatic carbocycles. The van der Waals surface area contributed by atoms with E-state index in [1.807, 2.05) is 0 Å². The topological polar surface area (TPSA) is 171 Å². The van der Waals surface area contributed by atoms with E-state index in [9.17, 15) is 39.9 Å². The fourth-order valence-corrected chi connectivity index (χ4v) is 4.40. The summed E-state index contributed by atoms with van der Waals surface area (Å²) in [5.74, 6) is -5.99. The number of ether oxygens (including phenoxy) is 2. The zero-order valence-electron chi connectivity index (χ0n) is 15.8. The molecule has 160 valence electrons. The Balaban J connectivity index is 1.99. The van der Waals surface area contributed by atoms with E-state index >= 15 is 0 Å². The second kappa shape index (κ2) is 6.96. The summed E-state index contributed by atoms with van der Waals surface area (Å²) in [4.78, 5) is 37.9. The summed E-state index contributed by atoms with van der Waals surface area (Å²) in [5.41, 5.74) is -1.55. The van der Waals surface area contributed by atoms with E-state index in [4.69, 9.17) is 9.47 Å². The van der Waals surface area contributed by atoms with Crippen LogP contribution < -0.4 is 0 Å². The molecule has 0 radical (unpaired) electrons. The number of carboxylic acid groups (broad SMARTS) is 1. The largest absolute Gasteiger partial charge is 0.507 e. The van der Waals surface area contributed by atoms with Gasteiger partial charge in [0.1, 0.15) is 24.1 Å². The number of fused-ring (bicyclic) bond motifs is 2. The zero-order chi connectivity index (χ0) is 22.0. The average molecular weight is 420 g/mol. The molecule has 10 nitrogen and oxygen atoms in total. The Bertz CT molecular complexity index is 982. The Labute approximate surface area is 170 Å². The number of Topliss-reactive ketones (excluding diaryl/α,β-unsaturated/α-hetero) is 2. The Morgan fingerprint density at radius 3 is 2.53 bits per heavy atom. The minimum Gasteiger partial charge on any atom is -0.507 e. The summed E-state index contributed by atoms with van der Waals surface area (Å²) in [6.45, 7) is 1.54. The van der Waals surface area contributed by atoms with Crippen LogP contribution in [0.4, 0.5) is 0 Å². The average Bonchev–Trinajstić information content (AvgIpc) is 2.66. The Kier molecular flexibility index (Phi) is 4.79. The lowest BCUT2D eigenvalue weighted by atomic mass is 9.72. The number of hydrogen-bond acceptors (Lipinski definition) is 9. The van der Waals surface area contributed by atoms with Gasteiger partial charge in [-0.3, -0.25) is 14.4 Å². The molecule has 0 aromatic heterocycles. The lowest BCUT2D eigenvalue weighted by Gasteiger charge is -2.52. The van der Waals surface area contributed by atoms with Gasteiger partial charge in [0.2, 0.25) is 5.79 Å². The van der Waals surface area contributed by atoms with Crippen molar-refractivity contribution in [2.75, 3.05) is 0 Å². The maximum atomic E-state index is 13.4. The van der Waals surface area contributed by atoms with Crippen molar-refractivity contribution in [1.29, 1.82) is 0 Å². The highest BCUT2D eigenvalue weighted by atomic mass is 16.7. The van der Waals surface area contributed by atoms with E-state index in [1.54, 1.807) is 0 Å². The number of carboxylic acids is 1. The highest BCUT2D eigenvalue weighted by molar-refractivity contribution is 6.29. The number of carbonyl (C=O) groups excluding carboxylic acids is 2. The monoisotopic (exact) mass is 420 g/mol. The van der Waals surface area contributed by atoms with E-state index in [-0.39, 0.29) is 17.5 Å². The molecule has 0 unspecified atom stereocenters. The number of aliphatic hydroxyl groups is 3. The van der Waals surface area contributed by atoms with Crippen LogP contribution in [0.2, 0.25) is 0 Å². The standard InChI is InChI=1S/C20H20O10/c1-7-5-10(22)19(28)20(29-7)15-14(17(26)11(30-20)6-12(23)24)16(25)8-3-2-4-9(21)13(8)18(15)27/h2-4,7,10-11,17,19,21-22,26,28H,5-6H2,1H3,(H,23,24)/t7-,10-,11-,17+,19-,20-/m0/s1. The maximum Gasteiger partial charge on any atom is 0.306 e. The first-order valence-corrected chi connectivity index (χ1v) is 9.36. The molecule has 2 heterocycles. The third-order valence-corrected chi connectivity index (χ3v) is 5.66. The normalized spacial score (nSPS) is 35.9. The van der Waals surface area contributed by atoms with Gasteiger partial charge >= 0.3 is 5.97 Å². The molecule has 0 amide bonds.